The Hall–Kier alpha value is -0.650. The van der Waals surface area contributed by atoms with Crippen molar-refractivity contribution >= 4 is 11.8 Å². The average molecular weight is 252 g/mol. The van der Waals surface area contributed by atoms with Gasteiger partial charge < -0.3 is 5.73 Å². The summed E-state index contributed by atoms with van der Waals surface area (Å²) in [5.41, 5.74) is 6.95. The lowest BCUT2D eigenvalue weighted by molar-refractivity contribution is 0.195. The van der Waals surface area contributed by atoms with E-state index in [1.807, 2.05) is 6.07 Å². The first-order valence-corrected chi connectivity index (χ1v) is 7.00. The number of aromatic nitrogens is 2. The molecule has 0 radical (unpaired) electrons. The Morgan fingerprint density at radius 3 is 2.71 bits per heavy atom. The zero-order valence-corrected chi connectivity index (χ0v) is 11.2. The van der Waals surface area contributed by atoms with Crippen LogP contribution in [0.3, 0.4) is 0 Å². The maximum absolute atomic E-state index is 5.92. The average Bonchev–Trinajstić information content (AvgIpc) is 2.30. The van der Waals surface area contributed by atoms with Crippen molar-refractivity contribution in [1.82, 2.24) is 14.9 Å². The van der Waals surface area contributed by atoms with Gasteiger partial charge in [-0.3, -0.25) is 4.90 Å². The first-order chi connectivity index (χ1) is 8.20. The van der Waals surface area contributed by atoms with Crippen LogP contribution in [0, 0.1) is 0 Å². The Kier molecular flexibility index (Phi) is 4.36. The van der Waals surface area contributed by atoms with Gasteiger partial charge in [0.25, 0.3) is 0 Å². The smallest absolute Gasteiger partial charge is 0.115 e. The second-order valence-corrected chi connectivity index (χ2v) is 6.48. The van der Waals surface area contributed by atoms with Crippen LogP contribution in [-0.2, 0) is 0 Å². The molecule has 1 aromatic rings. The van der Waals surface area contributed by atoms with Crippen molar-refractivity contribution in [2.75, 3.05) is 19.6 Å². The van der Waals surface area contributed by atoms with E-state index in [0.29, 0.717) is 17.0 Å². The second-order valence-electron chi connectivity index (χ2n) is 4.60. The highest BCUT2D eigenvalue weighted by Gasteiger charge is 2.28. The monoisotopic (exact) mass is 252 g/mol. The minimum Gasteiger partial charge on any atom is -0.329 e. The van der Waals surface area contributed by atoms with Crippen LogP contribution in [0.1, 0.15) is 25.6 Å². The number of rotatable bonds is 3. The molecular weight excluding hydrogens is 232 g/mol. The molecule has 1 aliphatic heterocycles. The predicted octanol–water partition coefficient (Wildman–Crippen LogP) is 1.30. The van der Waals surface area contributed by atoms with Gasteiger partial charge in [-0.15, -0.1) is 0 Å². The third-order valence-corrected chi connectivity index (χ3v) is 4.29. The Morgan fingerprint density at radius 2 is 2.18 bits per heavy atom. The fourth-order valence-electron chi connectivity index (χ4n) is 2.43. The summed E-state index contributed by atoms with van der Waals surface area (Å²) in [7, 11) is 0. The van der Waals surface area contributed by atoms with Gasteiger partial charge in [-0.25, -0.2) is 9.97 Å². The molecule has 17 heavy (non-hydrogen) atoms. The number of hydrogen-bond donors (Lipinski definition) is 1. The van der Waals surface area contributed by atoms with Crippen molar-refractivity contribution in [2.24, 2.45) is 5.73 Å². The van der Waals surface area contributed by atoms with Crippen LogP contribution in [0.25, 0.3) is 0 Å². The molecule has 1 aliphatic rings. The summed E-state index contributed by atoms with van der Waals surface area (Å²) >= 11 is 2.05. The minimum atomic E-state index is 0.226. The normalized spacial score (nSPS) is 27.9. The number of nitrogens with two attached hydrogens (primary N) is 1. The van der Waals surface area contributed by atoms with E-state index < -0.39 is 0 Å². The second kappa shape index (κ2) is 5.80. The van der Waals surface area contributed by atoms with Crippen LogP contribution >= 0.6 is 11.8 Å². The fourth-order valence-corrected chi connectivity index (χ4v) is 3.78. The van der Waals surface area contributed by atoms with Gasteiger partial charge in [-0.1, -0.05) is 13.8 Å². The summed E-state index contributed by atoms with van der Waals surface area (Å²) in [5.74, 6) is 0. The highest BCUT2D eigenvalue weighted by atomic mass is 32.2. The van der Waals surface area contributed by atoms with E-state index in [4.69, 9.17) is 5.73 Å². The SMILES string of the molecule is CC1CN(C(CN)c2ccncn2)CC(C)S1. The summed E-state index contributed by atoms with van der Waals surface area (Å²) in [5, 5.41) is 1.32. The molecule has 0 amide bonds. The van der Waals surface area contributed by atoms with Crippen LogP contribution in [-0.4, -0.2) is 45.0 Å². The van der Waals surface area contributed by atoms with E-state index >= 15 is 0 Å². The first kappa shape index (κ1) is 12.8. The van der Waals surface area contributed by atoms with E-state index in [1.54, 1.807) is 12.5 Å². The lowest BCUT2D eigenvalue weighted by Crippen LogP contribution is -2.45. The minimum absolute atomic E-state index is 0.226. The molecule has 0 aromatic carbocycles. The molecular formula is C12H20N4S. The lowest BCUT2D eigenvalue weighted by Gasteiger charge is -2.39. The Balaban J connectivity index is 2.13. The van der Waals surface area contributed by atoms with E-state index in [2.05, 4.69) is 40.5 Å². The molecule has 0 aliphatic carbocycles. The topological polar surface area (TPSA) is 55.0 Å². The molecule has 3 unspecified atom stereocenters. The fraction of sp³-hybridized carbons (Fsp3) is 0.667. The highest BCUT2D eigenvalue weighted by Crippen LogP contribution is 2.29. The molecule has 94 valence electrons. The van der Waals surface area contributed by atoms with Gasteiger partial charge in [0.15, 0.2) is 0 Å². The summed E-state index contributed by atoms with van der Waals surface area (Å²) in [4.78, 5) is 10.8. The quantitative estimate of drug-likeness (QED) is 0.879. The number of thioether (sulfide) groups is 1. The maximum Gasteiger partial charge on any atom is 0.115 e. The molecule has 1 aromatic heterocycles. The molecule has 1 fully saturated rings. The van der Waals surface area contributed by atoms with Crippen LogP contribution in [0.2, 0.25) is 0 Å². The van der Waals surface area contributed by atoms with Gasteiger partial charge in [-0.2, -0.15) is 11.8 Å². The van der Waals surface area contributed by atoms with E-state index in [0.717, 1.165) is 18.8 Å². The van der Waals surface area contributed by atoms with Gasteiger partial charge in [0.1, 0.15) is 6.33 Å². The van der Waals surface area contributed by atoms with E-state index in [1.165, 1.54) is 0 Å². The van der Waals surface area contributed by atoms with Crippen molar-refractivity contribution in [3.63, 3.8) is 0 Å². The van der Waals surface area contributed by atoms with Gasteiger partial charge >= 0.3 is 0 Å². The van der Waals surface area contributed by atoms with Crippen molar-refractivity contribution < 1.29 is 0 Å². The molecule has 0 bridgehead atoms. The van der Waals surface area contributed by atoms with Gasteiger partial charge in [-0.05, 0) is 6.07 Å². The molecule has 0 spiro atoms. The standard InChI is InChI=1S/C12H20N4S/c1-9-6-16(7-10(2)17-9)12(5-13)11-3-4-14-8-15-11/h3-4,8-10,12H,5-7,13H2,1-2H3. The van der Waals surface area contributed by atoms with Crippen LogP contribution in [0.5, 0.6) is 0 Å². The third kappa shape index (κ3) is 3.18. The maximum atomic E-state index is 5.92. The van der Waals surface area contributed by atoms with Gasteiger partial charge in [0.2, 0.25) is 0 Å². The Labute approximate surface area is 107 Å². The highest BCUT2D eigenvalue weighted by molar-refractivity contribution is 8.00. The molecule has 3 atom stereocenters. The zero-order chi connectivity index (χ0) is 12.3. The first-order valence-electron chi connectivity index (χ1n) is 6.06. The summed E-state index contributed by atoms with van der Waals surface area (Å²) in [6.07, 6.45) is 3.39. The lowest BCUT2D eigenvalue weighted by atomic mass is 10.1. The molecule has 0 saturated carbocycles. The number of nitrogens with zero attached hydrogens (tertiary/aromatic N) is 3. The largest absolute Gasteiger partial charge is 0.329 e. The Morgan fingerprint density at radius 1 is 1.47 bits per heavy atom. The molecule has 2 N–H and O–H groups in total. The molecule has 4 nitrogen and oxygen atoms in total. The Bertz CT molecular complexity index is 336. The summed E-state index contributed by atoms with van der Waals surface area (Å²) < 4.78 is 0. The van der Waals surface area contributed by atoms with Crippen LogP contribution < -0.4 is 5.73 Å². The summed E-state index contributed by atoms with van der Waals surface area (Å²) in [6.45, 7) is 7.34. The molecule has 5 heteroatoms. The van der Waals surface area contributed by atoms with Crippen molar-refractivity contribution in [2.45, 2.75) is 30.4 Å². The van der Waals surface area contributed by atoms with E-state index in [-0.39, 0.29) is 6.04 Å². The molecule has 1 saturated heterocycles. The summed E-state index contributed by atoms with van der Waals surface area (Å²) in [6, 6.07) is 2.19. The van der Waals surface area contributed by atoms with E-state index in [9.17, 15) is 0 Å². The van der Waals surface area contributed by atoms with Crippen LogP contribution in [0.15, 0.2) is 18.6 Å². The molecule has 2 heterocycles. The zero-order valence-electron chi connectivity index (χ0n) is 10.4. The van der Waals surface area contributed by atoms with Crippen LogP contribution in [0.4, 0.5) is 0 Å². The molecule has 2 rings (SSSR count). The number of hydrogen-bond acceptors (Lipinski definition) is 5. The van der Waals surface area contributed by atoms with Crippen molar-refractivity contribution in [3.8, 4) is 0 Å². The van der Waals surface area contributed by atoms with Gasteiger partial charge in [0, 0.05) is 36.3 Å². The van der Waals surface area contributed by atoms with Gasteiger partial charge in [0.05, 0.1) is 11.7 Å². The third-order valence-electron chi connectivity index (χ3n) is 3.06. The van der Waals surface area contributed by atoms with Crippen molar-refractivity contribution in [1.29, 1.82) is 0 Å². The van der Waals surface area contributed by atoms with Crippen molar-refractivity contribution in [3.05, 3.63) is 24.3 Å². The predicted molar refractivity (Wildman–Crippen MR) is 71.9 cm³/mol.